The minimum absolute atomic E-state index is 0.134. The molecule has 1 N–H and O–H groups in total. The Morgan fingerprint density at radius 1 is 0.510 bits per heavy atom. The van der Waals surface area contributed by atoms with Gasteiger partial charge in [-0.3, -0.25) is 9.59 Å². The second kappa shape index (κ2) is 36.4. The number of unbranched alkanes of at least 4 members (excludes halogenated alkanes) is 22. The number of rotatable bonds is 38. The Kier molecular flexibility index (Phi) is 33.7. The second-order valence-corrected chi connectivity index (χ2v) is 14.9. The first kappa shape index (κ1) is 47.1. The van der Waals surface area contributed by atoms with Crippen LogP contribution in [0.1, 0.15) is 206 Å². The molecule has 2 unspecified atom stereocenters. The van der Waals surface area contributed by atoms with Crippen LogP contribution in [-0.4, -0.2) is 48.6 Å². The zero-order valence-corrected chi connectivity index (χ0v) is 33.3. The smallest absolute Gasteiger partial charge is 0.305 e. The van der Waals surface area contributed by atoms with E-state index in [9.17, 15) is 14.7 Å². The Bertz CT molecular complexity index is 880. The Morgan fingerprint density at radius 3 is 1.39 bits per heavy atom. The van der Waals surface area contributed by atoms with Crippen LogP contribution in [0.25, 0.3) is 0 Å². The van der Waals surface area contributed by atoms with Crippen molar-refractivity contribution >= 4 is 11.9 Å². The number of carbonyl (C=O) groups is 2. The van der Waals surface area contributed by atoms with Gasteiger partial charge in [0.25, 0.3) is 0 Å². The van der Waals surface area contributed by atoms with Crippen LogP contribution in [0.3, 0.4) is 0 Å². The summed E-state index contributed by atoms with van der Waals surface area (Å²) in [6.07, 6.45) is 48.1. The monoisotopic (exact) mass is 717 g/mol. The maximum Gasteiger partial charge on any atom is 0.305 e. The molecule has 0 radical (unpaired) electrons. The number of ether oxygens (including phenoxy) is 3. The van der Waals surface area contributed by atoms with Crippen LogP contribution in [0.5, 0.6) is 0 Å². The summed E-state index contributed by atoms with van der Waals surface area (Å²) in [6.45, 7) is 4.23. The molecule has 0 aromatic heterocycles. The minimum Gasteiger partial charge on any atom is -0.463 e. The van der Waals surface area contributed by atoms with Gasteiger partial charge in [-0.05, 0) is 51.4 Å². The fourth-order valence-electron chi connectivity index (χ4n) is 6.36. The van der Waals surface area contributed by atoms with E-state index in [1.165, 1.54) is 128 Å². The highest BCUT2D eigenvalue weighted by molar-refractivity contribution is 5.69. The van der Waals surface area contributed by atoms with E-state index < -0.39 is 6.10 Å². The fourth-order valence-corrected chi connectivity index (χ4v) is 6.36. The summed E-state index contributed by atoms with van der Waals surface area (Å²) in [4.78, 5) is 24.0. The van der Waals surface area contributed by atoms with Crippen molar-refractivity contribution in [1.82, 2.24) is 0 Å². The van der Waals surface area contributed by atoms with Gasteiger partial charge in [0.1, 0.15) is 19.3 Å². The van der Waals surface area contributed by atoms with E-state index in [2.05, 4.69) is 50.3 Å². The molecule has 0 amide bonds. The van der Waals surface area contributed by atoms with Gasteiger partial charge >= 0.3 is 11.9 Å². The highest BCUT2D eigenvalue weighted by Crippen LogP contribution is 2.29. The van der Waals surface area contributed by atoms with Gasteiger partial charge in [-0.2, -0.15) is 0 Å². The van der Waals surface area contributed by atoms with E-state index in [4.69, 9.17) is 14.2 Å². The molecule has 1 aliphatic rings. The molecule has 1 heterocycles. The lowest BCUT2D eigenvalue weighted by molar-refractivity contribution is -0.152. The molecule has 6 heteroatoms. The van der Waals surface area contributed by atoms with Gasteiger partial charge in [0.2, 0.25) is 0 Å². The van der Waals surface area contributed by atoms with Crippen molar-refractivity contribution < 1.29 is 28.9 Å². The molecule has 0 aliphatic carbocycles. The molecule has 1 aliphatic heterocycles. The summed E-state index contributed by atoms with van der Waals surface area (Å²) < 4.78 is 16.1. The summed E-state index contributed by atoms with van der Waals surface area (Å²) in [6, 6.07) is 0. The number of aliphatic hydroxyl groups excluding tert-OH is 1. The van der Waals surface area contributed by atoms with E-state index in [1.54, 1.807) is 0 Å². The Balaban J connectivity index is 1.83. The maximum absolute atomic E-state index is 12.0. The first-order chi connectivity index (χ1) is 25.1. The van der Waals surface area contributed by atoms with E-state index in [0.717, 1.165) is 44.9 Å². The van der Waals surface area contributed by atoms with Crippen LogP contribution in [0.4, 0.5) is 0 Å². The SMILES string of the molecule is CCCCC/C=C\CC1OC1C/C=C\C/C=C\CCCC(=O)OC[C@@H](O)COC(=O)CCCCCCCCCCCCCCCCCCCCC. The predicted molar refractivity (Wildman–Crippen MR) is 214 cm³/mol. The lowest BCUT2D eigenvalue weighted by Gasteiger charge is -2.12. The molecule has 3 atom stereocenters. The molecular formula is C45H80O6. The van der Waals surface area contributed by atoms with Gasteiger partial charge in [0.05, 0.1) is 12.2 Å². The van der Waals surface area contributed by atoms with Crippen LogP contribution < -0.4 is 0 Å². The summed E-state index contributed by atoms with van der Waals surface area (Å²) in [7, 11) is 0. The molecule has 51 heavy (non-hydrogen) atoms. The lowest BCUT2D eigenvalue weighted by atomic mass is 10.0. The number of carbonyl (C=O) groups excluding carboxylic acids is 2. The molecule has 296 valence electrons. The molecule has 1 fully saturated rings. The van der Waals surface area contributed by atoms with Crippen molar-refractivity contribution in [1.29, 1.82) is 0 Å². The van der Waals surface area contributed by atoms with Crippen molar-refractivity contribution in [3.63, 3.8) is 0 Å². The number of esters is 2. The average Bonchev–Trinajstić information content (AvgIpc) is 3.89. The second-order valence-electron chi connectivity index (χ2n) is 14.9. The third-order valence-corrected chi connectivity index (χ3v) is 9.78. The molecule has 0 saturated carbocycles. The van der Waals surface area contributed by atoms with Crippen molar-refractivity contribution in [3.8, 4) is 0 Å². The van der Waals surface area contributed by atoms with Crippen LogP contribution in [-0.2, 0) is 23.8 Å². The van der Waals surface area contributed by atoms with Crippen molar-refractivity contribution in [3.05, 3.63) is 36.5 Å². The van der Waals surface area contributed by atoms with Crippen LogP contribution in [0, 0.1) is 0 Å². The van der Waals surface area contributed by atoms with Gasteiger partial charge in [-0.15, -0.1) is 0 Å². The average molecular weight is 717 g/mol. The Hall–Kier alpha value is -1.92. The first-order valence-electron chi connectivity index (χ1n) is 21.7. The van der Waals surface area contributed by atoms with E-state index in [0.29, 0.717) is 31.5 Å². The minimum atomic E-state index is -0.988. The van der Waals surface area contributed by atoms with E-state index in [1.807, 2.05) is 0 Å². The third-order valence-electron chi connectivity index (χ3n) is 9.78. The molecule has 0 aromatic carbocycles. The number of hydrogen-bond acceptors (Lipinski definition) is 6. The van der Waals surface area contributed by atoms with Crippen LogP contribution in [0.15, 0.2) is 36.5 Å². The highest BCUT2D eigenvalue weighted by Gasteiger charge is 2.35. The van der Waals surface area contributed by atoms with Crippen LogP contribution >= 0.6 is 0 Å². The van der Waals surface area contributed by atoms with Gasteiger partial charge in [0.15, 0.2) is 0 Å². The van der Waals surface area contributed by atoms with Crippen molar-refractivity contribution in [2.45, 2.75) is 225 Å². The Morgan fingerprint density at radius 2 is 0.882 bits per heavy atom. The first-order valence-corrected chi connectivity index (χ1v) is 21.7. The summed E-state index contributed by atoms with van der Waals surface area (Å²) in [5.74, 6) is -0.627. The van der Waals surface area contributed by atoms with Gasteiger partial charge in [-0.1, -0.05) is 179 Å². The van der Waals surface area contributed by atoms with Gasteiger partial charge < -0.3 is 19.3 Å². The van der Waals surface area contributed by atoms with Gasteiger partial charge in [0, 0.05) is 12.8 Å². The number of allylic oxidation sites excluding steroid dienone is 4. The zero-order valence-electron chi connectivity index (χ0n) is 33.3. The standard InChI is InChI=1S/C45H80O6/c1-3-5-7-9-11-12-13-14-15-16-17-18-19-20-21-22-25-29-33-37-44(47)49-39-41(46)40-50-45(48)38-34-30-26-23-24-28-32-36-43-42(51-43)35-31-27-10-8-6-4-2/h23,26-28,31-32,41-43,46H,3-22,24-25,29-30,33-40H2,1-2H3/b26-23-,31-27-,32-28-/t41-,42?,43?/m0/s1. The van der Waals surface area contributed by atoms with Crippen molar-refractivity contribution in [2.75, 3.05) is 13.2 Å². The van der Waals surface area contributed by atoms with E-state index >= 15 is 0 Å². The third kappa shape index (κ3) is 33.7. The topological polar surface area (TPSA) is 85.4 Å². The lowest BCUT2D eigenvalue weighted by Crippen LogP contribution is -2.25. The zero-order chi connectivity index (χ0) is 36.9. The molecule has 1 saturated heterocycles. The highest BCUT2D eigenvalue weighted by atomic mass is 16.6. The normalized spacial score (nSPS) is 16.5. The van der Waals surface area contributed by atoms with Gasteiger partial charge in [-0.25, -0.2) is 0 Å². The quantitative estimate of drug-likeness (QED) is 0.0296. The molecule has 0 aromatic rings. The molecular weight excluding hydrogens is 636 g/mol. The van der Waals surface area contributed by atoms with Crippen LogP contribution in [0.2, 0.25) is 0 Å². The predicted octanol–water partition coefficient (Wildman–Crippen LogP) is 12.6. The summed E-state index contributed by atoms with van der Waals surface area (Å²) in [5, 5.41) is 10.0. The maximum atomic E-state index is 12.0. The summed E-state index contributed by atoms with van der Waals surface area (Å²) >= 11 is 0. The van der Waals surface area contributed by atoms with E-state index in [-0.39, 0.29) is 25.2 Å². The molecule has 0 spiro atoms. The number of epoxide rings is 1. The number of hydrogen-bond donors (Lipinski definition) is 1. The largest absolute Gasteiger partial charge is 0.463 e. The number of aliphatic hydroxyl groups is 1. The Labute approximate surface area is 314 Å². The molecule has 6 nitrogen and oxygen atoms in total. The molecule has 0 bridgehead atoms. The summed E-state index contributed by atoms with van der Waals surface area (Å²) in [5.41, 5.74) is 0. The fraction of sp³-hybridized carbons (Fsp3) is 0.822. The van der Waals surface area contributed by atoms with Crippen molar-refractivity contribution in [2.24, 2.45) is 0 Å². The molecule has 1 rings (SSSR count).